The number of hydrogen-bond acceptors (Lipinski definition) is 3. The minimum atomic E-state index is 0.315. The van der Waals surface area contributed by atoms with E-state index in [1.54, 1.807) is 13.2 Å². The van der Waals surface area contributed by atoms with Crippen molar-refractivity contribution in [2.45, 2.75) is 37.8 Å². The first-order chi connectivity index (χ1) is 9.81. The van der Waals surface area contributed by atoms with Crippen LogP contribution in [0.1, 0.15) is 31.2 Å². The molecule has 1 saturated carbocycles. The van der Waals surface area contributed by atoms with Crippen LogP contribution in [0.3, 0.4) is 0 Å². The number of hydrogen-bond donors (Lipinski definition) is 0. The van der Waals surface area contributed by atoms with Gasteiger partial charge in [0.2, 0.25) is 0 Å². The van der Waals surface area contributed by atoms with Gasteiger partial charge < -0.3 is 9.47 Å². The number of methoxy groups -OCH3 is 1. The lowest BCUT2D eigenvalue weighted by molar-refractivity contribution is 0.0414. The van der Waals surface area contributed by atoms with Crippen LogP contribution in [0, 0.1) is 12.1 Å². The normalized spacial score (nSPS) is 22.4. The highest BCUT2D eigenvalue weighted by molar-refractivity contribution is 5.78. The summed E-state index contributed by atoms with van der Waals surface area (Å²) in [7, 11) is 1.62. The molecule has 0 N–H and O–H groups in total. The first-order valence-corrected chi connectivity index (χ1v) is 7.05. The quantitative estimate of drug-likeness (QED) is 0.587. The van der Waals surface area contributed by atoms with Crippen LogP contribution in [-0.4, -0.2) is 32.1 Å². The smallest absolute Gasteiger partial charge is 0.169 e. The molecule has 0 heterocycles. The lowest BCUT2D eigenvalue weighted by Crippen LogP contribution is -2.25. The van der Waals surface area contributed by atoms with E-state index in [0.717, 1.165) is 24.8 Å². The molecular weight excluding hydrogens is 250 g/mol. The molecule has 3 heteroatoms. The van der Waals surface area contributed by atoms with Crippen LogP contribution in [0.25, 0.3) is 0 Å². The summed E-state index contributed by atoms with van der Waals surface area (Å²) in [5.74, 6) is 0.692. The van der Waals surface area contributed by atoms with Crippen LogP contribution in [-0.2, 0) is 4.74 Å². The average molecular weight is 271 g/mol. The minimum absolute atomic E-state index is 0.315. The van der Waals surface area contributed by atoms with Crippen molar-refractivity contribution in [1.82, 2.24) is 0 Å². The molecule has 0 aliphatic heterocycles. The van der Waals surface area contributed by atoms with Crippen LogP contribution in [0.4, 0.5) is 0 Å². The zero-order chi connectivity index (χ0) is 14.2. The summed E-state index contributed by atoms with van der Waals surface area (Å²) >= 11 is 0. The molecule has 1 fully saturated rings. The van der Waals surface area contributed by atoms with E-state index in [-0.39, 0.29) is 0 Å². The van der Waals surface area contributed by atoms with E-state index in [1.807, 2.05) is 18.3 Å². The number of aliphatic imine (C=N–C) groups is 1. The van der Waals surface area contributed by atoms with Crippen LogP contribution in [0.5, 0.6) is 5.75 Å². The molecule has 0 radical (unpaired) electrons. The summed E-state index contributed by atoms with van der Waals surface area (Å²) in [6.07, 6.45) is 8.40. The van der Waals surface area contributed by atoms with Gasteiger partial charge in [-0.3, -0.25) is 4.99 Å². The van der Waals surface area contributed by atoms with Crippen molar-refractivity contribution < 1.29 is 9.47 Å². The van der Waals surface area contributed by atoms with Crippen LogP contribution in [0.2, 0.25) is 0 Å². The molecule has 0 spiro atoms. The Bertz CT molecular complexity index is 439. The monoisotopic (exact) mass is 271 g/mol. The predicted molar refractivity (Wildman–Crippen MR) is 80.5 cm³/mol. The van der Waals surface area contributed by atoms with Gasteiger partial charge >= 0.3 is 0 Å². The Labute approximate surface area is 121 Å². The fourth-order valence-electron chi connectivity index (χ4n) is 2.37. The lowest BCUT2D eigenvalue weighted by atomic mass is 9.93. The molecule has 1 aromatic carbocycles. The van der Waals surface area contributed by atoms with Crippen molar-refractivity contribution in [2.24, 2.45) is 4.99 Å². The van der Waals surface area contributed by atoms with Crippen molar-refractivity contribution in [3.63, 3.8) is 0 Å². The zero-order valence-electron chi connectivity index (χ0n) is 12.0. The molecule has 0 aromatic heterocycles. The molecule has 20 heavy (non-hydrogen) atoms. The Morgan fingerprint density at radius 2 is 2.30 bits per heavy atom. The second-order valence-corrected chi connectivity index (χ2v) is 4.95. The van der Waals surface area contributed by atoms with Gasteiger partial charge in [0.1, 0.15) is 0 Å². The van der Waals surface area contributed by atoms with Crippen molar-refractivity contribution in [1.29, 1.82) is 0 Å². The molecule has 3 nitrogen and oxygen atoms in total. The van der Waals surface area contributed by atoms with Crippen molar-refractivity contribution in [2.75, 3.05) is 13.7 Å². The van der Waals surface area contributed by atoms with Gasteiger partial charge in [0, 0.05) is 11.8 Å². The van der Waals surface area contributed by atoms with Crippen molar-refractivity contribution in [3.05, 3.63) is 42.5 Å². The number of ether oxygens (including phenoxy) is 2. The summed E-state index contributed by atoms with van der Waals surface area (Å²) in [5.41, 5.74) is 0.930. The molecular formula is C17H21NO2. The zero-order valence-corrected chi connectivity index (χ0v) is 12.0. The van der Waals surface area contributed by atoms with Crippen LogP contribution < -0.4 is 4.74 Å². The number of rotatable bonds is 6. The van der Waals surface area contributed by atoms with Gasteiger partial charge in [-0.25, -0.2) is 0 Å². The summed E-state index contributed by atoms with van der Waals surface area (Å²) in [5, 5.41) is 0. The van der Waals surface area contributed by atoms with Crippen molar-refractivity contribution in [3.8, 4) is 5.75 Å². The maximum atomic E-state index is 5.72. The van der Waals surface area contributed by atoms with Gasteiger partial charge in [0.25, 0.3) is 0 Å². The Hall–Kier alpha value is -1.79. The molecule has 1 aliphatic rings. The third kappa shape index (κ3) is 4.40. The lowest BCUT2D eigenvalue weighted by Gasteiger charge is -2.26. The second-order valence-electron chi connectivity index (χ2n) is 4.95. The van der Waals surface area contributed by atoms with E-state index in [4.69, 9.17) is 9.47 Å². The highest BCUT2D eigenvalue weighted by atomic mass is 16.5. The maximum absolute atomic E-state index is 5.72. The SMILES string of the molecule is C=CCOC1CCCC(N=Cc2c#cc(OC)cc2)C1. The van der Waals surface area contributed by atoms with Gasteiger partial charge in [-0.15, -0.1) is 6.58 Å². The molecule has 106 valence electrons. The molecule has 1 aromatic rings. The molecule has 2 unspecified atom stereocenters. The molecule has 0 bridgehead atoms. The van der Waals surface area contributed by atoms with Gasteiger partial charge in [-0.1, -0.05) is 12.1 Å². The summed E-state index contributed by atoms with van der Waals surface area (Å²) in [6.45, 7) is 4.31. The minimum Gasteiger partial charge on any atom is -0.489 e. The summed E-state index contributed by atoms with van der Waals surface area (Å²) in [4.78, 5) is 4.64. The molecule has 2 rings (SSSR count). The Morgan fingerprint density at radius 3 is 3.00 bits per heavy atom. The fraction of sp³-hybridized carbons (Fsp3) is 0.471. The largest absolute Gasteiger partial charge is 0.489 e. The molecule has 0 amide bonds. The Kier molecular flexibility index (Phi) is 5.64. The highest BCUT2D eigenvalue weighted by Crippen LogP contribution is 2.23. The van der Waals surface area contributed by atoms with Gasteiger partial charge in [0.05, 0.1) is 25.9 Å². The Morgan fingerprint density at radius 1 is 1.40 bits per heavy atom. The van der Waals surface area contributed by atoms with E-state index >= 15 is 0 Å². The van der Waals surface area contributed by atoms with Gasteiger partial charge in [0.15, 0.2) is 5.75 Å². The average Bonchev–Trinajstić information content (AvgIpc) is 2.52. The molecule has 2 atom stereocenters. The Balaban J connectivity index is 1.87. The first kappa shape index (κ1) is 14.6. The van der Waals surface area contributed by atoms with Gasteiger partial charge in [-0.2, -0.15) is 0 Å². The molecule has 1 aliphatic carbocycles. The maximum Gasteiger partial charge on any atom is 0.169 e. The highest BCUT2D eigenvalue weighted by Gasteiger charge is 2.21. The van der Waals surface area contributed by atoms with E-state index in [2.05, 4.69) is 23.7 Å². The van der Waals surface area contributed by atoms with E-state index in [9.17, 15) is 0 Å². The van der Waals surface area contributed by atoms with Crippen LogP contribution in [0.15, 0.2) is 29.8 Å². The molecule has 0 saturated heterocycles. The summed E-state index contributed by atoms with van der Waals surface area (Å²) in [6, 6.07) is 10.1. The standard InChI is InChI=1S/C17H21NO2/c1-3-11-20-17-6-4-5-15(12-17)18-13-14-7-9-16(19-2)10-8-14/h3,7,9,13,15,17H,1,4-6,11-12H2,2H3. The second kappa shape index (κ2) is 7.72. The van der Waals surface area contributed by atoms with E-state index < -0.39 is 0 Å². The van der Waals surface area contributed by atoms with E-state index in [1.165, 1.54) is 6.42 Å². The van der Waals surface area contributed by atoms with Crippen LogP contribution >= 0.6 is 0 Å². The first-order valence-electron chi connectivity index (χ1n) is 7.05. The predicted octanol–water partition coefficient (Wildman–Crippen LogP) is 3.23. The topological polar surface area (TPSA) is 30.8 Å². The fourth-order valence-corrected chi connectivity index (χ4v) is 2.37. The third-order valence-electron chi connectivity index (χ3n) is 3.44. The van der Waals surface area contributed by atoms with E-state index in [0.29, 0.717) is 24.5 Å². The summed E-state index contributed by atoms with van der Waals surface area (Å²) < 4.78 is 10.8. The number of nitrogens with zero attached hydrogens (tertiary/aromatic N) is 1. The third-order valence-corrected chi connectivity index (χ3v) is 3.44. The van der Waals surface area contributed by atoms with Gasteiger partial charge in [-0.05, 0) is 43.9 Å². The van der Waals surface area contributed by atoms with Crippen molar-refractivity contribution >= 4 is 6.21 Å².